The molecule has 0 spiro atoms. The molecule has 0 fully saturated rings. The number of nitrogens with one attached hydrogen (secondary N) is 1. The van der Waals surface area contributed by atoms with Crippen LogP contribution in [0.2, 0.25) is 0 Å². The fraction of sp³-hybridized carbons (Fsp3) is 0.217. The van der Waals surface area contributed by atoms with Crippen molar-refractivity contribution < 1.29 is 18.7 Å². The van der Waals surface area contributed by atoms with E-state index in [9.17, 15) is 9.18 Å². The maximum Gasteiger partial charge on any atom is 0.258 e. The lowest BCUT2D eigenvalue weighted by Gasteiger charge is -2.14. The number of rotatable bonds is 4. The van der Waals surface area contributed by atoms with Gasteiger partial charge in [-0.15, -0.1) is 0 Å². The fourth-order valence-electron chi connectivity index (χ4n) is 3.39. The molecule has 6 nitrogen and oxygen atoms in total. The molecule has 152 valence electrons. The summed E-state index contributed by atoms with van der Waals surface area (Å²) in [6.45, 7) is -5.35. The Morgan fingerprint density at radius 3 is 3.03 bits per heavy atom. The highest BCUT2D eigenvalue weighted by Crippen LogP contribution is 2.29. The molecule has 30 heavy (non-hydrogen) atoms. The molecule has 1 aromatic carbocycles. The summed E-state index contributed by atoms with van der Waals surface area (Å²) in [7, 11) is 0. The minimum atomic E-state index is -2.80. The zero-order valence-corrected chi connectivity index (χ0v) is 15.6. The van der Waals surface area contributed by atoms with E-state index >= 15 is 0 Å². The fourth-order valence-corrected chi connectivity index (χ4v) is 3.39. The molecule has 0 saturated heterocycles. The maximum atomic E-state index is 13.0. The SMILES string of the molecule is [2H]C1([2H])CNC([2H])([2H])c2c1n(C([2H])([2H])[2H])c1cc(-n3ccc(OCc4ccc(F)cn4)cc3=O)ccc21. The van der Waals surface area contributed by atoms with Crippen molar-refractivity contribution in [3.05, 3.63) is 88.0 Å². The lowest BCUT2D eigenvalue weighted by molar-refractivity contribution is 0.300. The predicted molar refractivity (Wildman–Crippen MR) is 112 cm³/mol. The van der Waals surface area contributed by atoms with Crippen LogP contribution in [-0.2, 0) is 26.5 Å². The van der Waals surface area contributed by atoms with E-state index in [1.807, 2.05) is 0 Å². The van der Waals surface area contributed by atoms with Crippen LogP contribution in [0.1, 0.15) is 26.5 Å². The lowest BCUT2D eigenvalue weighted by atomic mass is 10.1. The van der Waals surface area contributed by atoms with Crippen LogP contribution in [0.25, 0.3) is 16.6 Å². The van der Waals surface area contributed by atoms with Crippen molar-refractivity contribution in [2.45, 2.75) is 19.5 Å². The Labute approximate surface area is 182 Å². The molecule has 0 unspecified atom stereocenters. The number of pyridine rings is 2. The number of ether oxygens (including phenoxy) is 1. The number of hydrogen-bond donors (Lipinski definition) is 1. The monoisotopic (exact) mass is 411 g/mol. The van der Waals surface area contributed by atoms with Gasteiger partial charge < -0.3 is 14.6 Å². The first kappa shape index (κ1) is 12.3. The quantitative estimate of drug-likeness (QED) is 0.561. The molecule has 3 aromatic heterocycles. The number of halogens is 1. The zero-order valence-electron chi connectivity index (χ0n) is 22.6. The van der Waals surface area contributed by atoms with Crippen LogP contribution in [0, 0.1) is 5.82 Å². The van der Waals surface area contributed by atoms with E-state index in [-0.39, 0.29) is 34.5 Å². The third-order valence-electron chi connectivity index (χ3n) is 4.85. The topological polar surface area (TPSA) is 61.1 Å². The average molecular weight is 411 g/mol. The third-order valence-corrected chi connectivity index (χ3v) is 4.85. The standard InChI is InChI=1S/C23H21FN4O2/c1-27-21-6-8-25-13-20(21)19-5-4-17(10-22(19)27)28-9-7-18(11-23(28)29)30-14-16-3-2-15(24)12-26-16/h2-5,7,9-12,25H,6,8,13-14H2,1H3/i1D3,6D2,13D2. The maximum absolute atomic E-state index is 13.0. The minimum absolute atomic E-state index is 0.0192. The van der Waals surface area contributed by atoms with E-state index in [2.05, 4.69) is 10.3 Å². The largest absolute Gasteiger partial charge is 0.487 e. The molecular formula is C23H21FN4O2. The second kappa shape index (κ2) is 7.42. The van der Waals surface area contributed by atoms with Crippen LogP contribution in [-0.4, -0.2) is 20.7 Å². The summed E-state index contributed by atoms with van der Waals surface area (Å²) in [6, 6.07) is 9.94. The van der Waals surface area contributed by atoms with Gasteiger partial charge in [0.15, 0.2) is 0 Å². The molecule has 0 aliphatic carbocycles. The van der Waals surface area contributed by atoms with Crippen molar-refractivity contribution in [1.82, 2.24) is 19.4 Å². The second-order valence-electron chi connectivity index (χ2n) is 6.74. The molecule has 7 heteroatoms. The van der Waals surface area contributed by atoms with Gasteiger partial charge >= 0.3 is 0 Å². The normalized spacial score (nSPS) is 20.6. The molecule has 1 aliphatic heterocycles. The van der Waals surface area contributed by atoms with Gasteiger partial charge in [0.05, 0.1) is 23.1 Å². The minimum Gasteiger partial charge on any atom is -0.487 e. The predicted octanol–water partition coefficient (Wildman–Crippen LogP) is 3.09. The van der Waals surface area contributed by atoms with Crippen molar-refractivity contribution in [3.8, 4) is 11.4 Å². The molecule has 1 N–H and O–H groups in total. The van der Waals surface area contributed by atoms with E-state index in [1.165, 1.54) is 53.2 Å². The van der Waals surface area contributed by atoms with E-state index in [1.54, 1.807) is 0 Å². The Bertz CT molecular complexity index is 1560. The number of hydrogen-bond acceptors (Lipinski definition) is 4. The van der Waals surface area contributed by atoms with Crippen LogP contribution in [0.15, 0.2) is 59.7 Å². The van der Waals surface area contributed by atoms with Gasteiger partial charge in [-0.2, -0.15) is 0 Å². The summed E-state index contributed by atoms with van der Waals surface area (Å²) >= 11 is 0. The Kier molecular flexibility index (Phi) is 3.04. The Morgan fingerprint density at radius 1 is 1.30 bits per heavy atom. The van der Waals surface area contributed by atoms with Crippen LogP contribution >= 0.6 is 0 Å². The van der Waals surface area contributed by atoms with E-state index < -0.39 is 37.8 Å². The average Bonchev–Trinajstić information content (AvgIpc) is 3.19. The highest BCUT2D eigenvalue weighted by molar-refractivity contribution is 5.87. The summed E-state index contributed by atoms with van der Waals surface area (Å²) in [5.74, 6) is -0.223. The number of aromatic nitrogens is 3. The first-order chi connectivity index (χ1) is 17.3. The highest BCUT2D eigenvalue weighted by Gasteiger charge is 2.18. The van der Waals surface area contributed by atoms with Gasteiger partial charge in [0.1, 0.15) is 18.2 Å². The van der Waals surface area contributed by atoms with Crippen molar-refractivity contribution in [1.29, 1.82) is 0 Å². The van der Waals surface area contributed by atoms with Gasteiger partial charge in [-0.3, -0.25) is 14.3 Å². The van der Waals surface area contributed by atoms with Gasteiger partial charge in [0.25, 0.3) is 5.56 Å². The van der Waals surface area contributed by atoms with Crippen LogP contribution in [0.3, 0.4) is 0 Å². The summed E-state index contributed by atoms with van der Waals surface area (Å²) < 4.78 is 78.4. The van der Waals surface area contributed by atoms with Gasteiger partial charge in [0, 0.05) is 59.3 Å². The van der Waals surface area contributed by atoms with Crippen molar-refractivity contribution in [2.24, 2.45) is 6.98 Å². The molecule has 4 heterocycles. The number of benzene rings is 1. The summed E-state index contributed by atoms with van der Waals surface area (Å²) in [5, 5.41) is 2.75. The summed E-state index contributed by atoms with van der Waals surface area (Å²) in [4.78, 5) is 16.8. The van der Waals surface area contributed by atoms with E-state index in [0.717, 1.165) is 10.8 Å². The molecular weight excluding hydrogens is 383 g/mol. The molecule has 0 bridgehead atoms. The lowest BCUT2D eigenvalue weighted by Crippen LogP contribution is -2.24. The molecule has 0 amide bonds. The van der Waals surface area contributed by atoms with Crippen LogP contribution < -0.4 is 15.6 Å². The van der Waals surface area contributed by atoms with Gasteiger partial charge in [-0.05, 0) is 35.9 Å². The number of fused-ring (bicyclic) bond motifs is 3. The summed E-state index contributed by atoms with van der Waals surface area (Å²) in [6.07, 6.45) is 0.357. The van der Waals surface area contributed by atoms with Gasteiger partial charge in [0.2, 0.25) is 0 Å². The summed E-state index contributed by atoms with van der Waals surface area (Å²) in [5.41, 5.74) is 0.0423. The van der Waals surface area contributed by atoms with Crippen molar-refractivity contribution >= 4 is 10.9 Å². The van der Waals surface area contributed by atoms with Crippen molar-refractivity contribution in [2.75, 3.05) is 6.54 Å². The molecule has 0 saturated carbocycles. The molecule has 1 aliphatic rings. The van der Waals surface area contributed by atoms with E-state index in [0.29, 0.717) is 11.4 Å². The van der Waals surface area contributed by atoms with Crippen LogP contribution in [0.5, 0.6) is 5.75 Å². The van der Waals surface area contributed by atoms with Crippen molar-refractivity contribution in [3.63, 3.8) is 0 Å². The first-order valence-electron chi connectivity index (χ1n) is 12.7. The third kappa shape index (κ3) is 3.27. The zero-order chi connectivity index (χ0) is 26.8. The molecule has 0 radical (unpaired) electrons. The van der Waals surface area contributed by atoms with Gasteiger partial charge in [-0.1, -0.05) is 6.07 Å². The highest BCUT2D eigenvalue weighted by atomic mass is 19.1. The smallest absolute Gasteiger partial charge is 0.258 e. The molecule has 5 rings (SSSR count). The van der Waals surface area contributed by atoms with E-state index in [4.69, 9.17) is 14.3 Å². The van der Waals surface area contributed by atoms with Crippen LogP contribution in [0.4, 0.5) is 4.39 Å². The number of aryl methyl sites for hydroxylation is 1. The Balaban J connectivity index is 1.57. The Morgan fingerprint density at radius 2 is 2.23 bits per heavy atom. The molecule has 0 atom stereocenters. The Hall–Kier alpha value is -3.45. The van der Waals surface area contributed by atoms with Gasteiger partial charge in [-0.25, -0.2) is 4.39 Å². The first-order valence-corrected chi connectivity index (χ1v) is 9.19. The molecule has 4 aromatic rings. The number of nitrogens with zero attached hydrogens (tertiary/aromatic N) is 3. The second-order valence-corrected chi connectivity index (χ2v) is 6.74.